The highest BCUT2D eigenvalue weighted by atomic mass is 16.5. The van der Waals surface area contributed by atoms with E-state index in [0.29, 0.717) is 6.04 Å². The first kappa shape index (κ1) is 8.75. The zero-order valence-electron chi connectivity index (χ0n) is 7.18. The summed E-state index contributed by atoms with van der Waals surface area (Å²) in [4.78, 5) is 0. The van der Waals surface area contributed by atoms with Crippen molar-refractivity contribution in [1.29, 1.82) is 0 Å². The predicted octanol–water partition coefficient (Wildman–Crippen LogP) is 1.33. The molecule has 0 heterocycles. The summed E-state index contributed by atoms with van der Waals surface area (Å²) in [6, 6.07) is 0.701. The van der Waals surface area contributed by atoms with Gasteiger partial charge < -0.3 is 10.1 Å². The minimum Gasteiger partial charge on any atom is -0.385 e. The minimum atomic E-state index is 0.701. The molecule has 0 fully saturated rings. The fraction of sp³-hybridized carbons (Fsp3) is 0.778. The summed E-state index contributed by atoms with van der Waals surface area (Å²) in [5.74, 6) is 0. The van der Waals surface area contributed by atoms with E-state index in [9.17, 15) is 0 Å². The van der Waals surface area contributed by atoms with Gasteiger partial charge >= 0.3 is 0 Å². The van der Waals surface area contributed by atoms with Crippen molar-refractivity contribution in [2.75, 3.05) is 20.3 Å². The number of hydrogen-bond donors (Lipinski definition) is 1. The van der Waals surface area contributed by atoms with Crippen molar-refractivity contribution in [3.05, 3.63) is 12.2 Å². The molecule has 64 valence electrons. The Bertz CT molecular complexity index is 115. The summed E-state index contributed by atoms with van der Waals surface area (Å²) < 4.78 is 4.95. The van der Waals surface area contributed by atoms with Gasteiger partial charge in [-0.15, -0.1) is 0 Å². The van der Waals surface area contributed by atoms with Gasteiger partial charge in [0.1, 0.15) is 0 Å². The topological polar surface area (TPSA) is 21.3 Å². The Morgan fingerprint density at radius 1 is 1.45 bits per heavy atom. The lowest BCUT2D eigenvalue weighted by Gasteiger charge is -2.10. The van der Waals surface area contributed by atoms with Crippen molar-refractivity contribution in [3.8, 4) is 0 Å². The quantitative estimate of drug-likeness (QED) is 0.477. The highest BCUT2D eigenvalue weighted by molar-refractivity contribution is 4.97. The molecule has 1 aliphatic rings. The predicted molar refractivity (Wildman–Crippen MR) is 46.7 cm³/mol. The Hall–Kier alpha value is -0.340. The molecule has 1 aliphatic carbocycles. The Labute approximate surface area is 68.6 Å². The molecule has 0 aromatic rings. The van der Waals surface area contributed by atoms with Gasteiger partial charge in [-0.25, -0.2) is 0 Å². The summed E-state index contributed by atoms with van der Waals surface area (Å²) >= 11 is 0. The SMILES string of the molecule is COCCCNC1CC=CC1. The molecule has 0 aromatic heterocycles. The molecule has 0 unspecified atom stereocenters. The summed E-state index contributed by atoms with van der Waals surface area (Å²) in [6.07, 6.45) is 8.01. The van der Waals surface area contributed by atoms with Crippen LogP contribution in [0.3, 0.4) is 0 Å². The second kappa shape index (κ2) is 5.33. The van der Waals surface area contributed by atoms with Crippen LogP contribution >= 0.6 is 0 Å². The molecule has 0 atom stereocenters. The van der Waals surface area contributed by atoms with E-state index >= 15 is 0 Å². The molecule has 0 saturated heterocycles. The van der Waals surface area contributed by atoms with E-state index in [-0.39, 0.29) is 0 Å². The average Bonchev–Trinajstić information content (AvgIpc) is 2.50. The molecule has 0 spiro atoms. The van der Waals surface area contributed by atoms with Crippen LogP contribution in [0.2, 0.25) is 0 Å². The zero-order chi connectivity index (χ0) is 7.94. The lowest BCUT2D eigenvalue weighted by Crippen LogP contribution is -2.27. The first-order valence-corrected chi connectivity index (χ1v) is 4.31. The van der Waals surface area contributed by atoms with E-state index in [1.165, 1.54) is 12.8 Å². The second-order valence-corrected chi connectivity index (χ2v) is 2.94. The molecule has 1 N–H and O–H groups in total. The molecular weight excluding hydrogens is 138 g/mol. The Morgan fingerprint density at radius 3 is 2.82 bits per heavy atom. The van der Waals surface area contributed by atoms with Crippen molar-refractivity contribution in [2.45, 2.75) is 25.3 Å². The van der Waals surface area contributed by atoms with Crippen molar-refractivity contribution >= 4 is 0 Å². The van der Waals surface area contributed by atoms with Crippen LogP contribution in [0.1, 0.15) is 19.3 Å². The number of hydrogen-bond acceptors (Lipinski definition) is 2. The standard InChI is InChI=1S/C9H17NO/c1-11-8-4-7-10-9-5-2-3-6-9/h2-3,9-10H,4-8H2,1H3. The van der Waals surface area contributed by atoms with Crippen molar-refractivity contribution in [3.63, 3.8) is 0 Å². The summed E-state index contributed by atoms with van der Waals surface area (Å²) in [5, 5.41) is 3.47. The molecule has 0 aromatic carbocycles. The van der Waals surface area contributed by atoms with E-state index in [4.69, 9.17) is 4.74 Å². The van der Waals surface area contributed by atoms with Crippen LogP contribution in [0, 0.1) is 0 Å². The second-order valence-electron chi connectivity index (χ2n) is 2.94. The molecule has 0 radical (unpaired) electrons. The van der Waals surface area contributed by atoms with Gasteiger partial charge in [0.25, 0.3) is 0 Å². The van der Waals surface area contributed by atoms with Gasteiger partial charge in [0.15, 0.2) is 0 Å². The molecular formula is C9H17NO. The van der Waals surface area contributed by atoms with E-state index in [0.717, 1.165) is 19.6 Å². The molecule has 0 amide bonds. The van der Waals surface area contributed by atoms with Crippen molar-refractivity contribution in [1.82, 2.24) is 5.32 Å². The Morgan fingerprint density at radius 2 is 2.18 bits per heavy atom. The molecule has 0 saturated carbocycles. The maximum Gasteiger partial charge on any atom is 0.0474 e. The van der Waals surface area contributed by atoms with Crippen LogP contribution in [0.4, 0.5) is 0 Å². The molecule has 2 heteroatoms. The van der Waals surface area contributed by atoms with Crippen LogP contribution < -0.4 is 5.32 Å². The third-order valence-electron chi connectivity index (χ3n) is 1.97. The first-order chi connectivity index (χ1) is 5.43. The van der Waals surface area contributed by atoms with Gasteiger partial charge in [0, 0.05) is 19.8 Å². The molecule has 11 heavy (non-hydrogen) atoms. The molecule has 0 bridgehead atoms. The van der Waals surface area contributed by atoms with Gasteiger partial charge in [-0.3, -0.25) is 0 Å². The Kier molecular flexibility index (Phi) is 4.24. The van der Waals surface area contributed by atoms with Crippen molar-refractivity contribution in [2.24, 2.45) is 0 Å². The molecule has 1 rings (SSSR count). The number of ether oxygens (including phenoxy) is 1. The first-order valence-electron chi connectivity index (χ1n) is 4.31. The molecule has 0 aliphatic heterocycles. The third kappa shape index (κ3) is 3.54. The minimum absolute atomic E-state index is 0.701. The van der Waals surface area contributed by atoms with E-state index in [1.807, 2.05) is 0 Å². The lowest BCUT2D eigenvalue weighted by atomic mass is 10.2. The van der Waals surface area contributed by atoms with E-state index in [2.05, 4.69) is 17.5 Å². The van der Waals surface area contributed by atoms with Crippen LogP contribution in [0.5, 0.6) is 0 Å². The van der Waals surface area contributed by atoms with Gasteiger partial charge in [-0.1, -0.05) is 12.2 Å². The fourth-order valence-corrected chi connectivity index (χ4v) is 1.31. The Balaban J connectivity index is 1.87. The fourth-order valence-electron chi connectivity index (χ4n) is 1.31. The maximum absolute atomic E-state index is 4.95. The van der Waals surface area contributed by atoms with Gasteiger partial charge in [-0.05, 0) is 25.8 Å². The zero-order valence-corrected chi connectivity index (χ0v) is 7.18. The maximum atomic E-state index is 4.95. The van der Waals surface area contributed by atoms with Crippen LogP contribution in [0.25, 0.3) is 0 Å². The van der Waals surface area contributed by atoms with Gasteiger partial charge in [-0.2, -0.15) is 0 Å². The largest absolute Gasteiger partial charge is 0.385 e. The van der Waals surface area contributed by atoms with Gasteiger partial charge in [0.2, 0.25) is 0 Å². The monoisotopic (exact) mass is 155 g/mol. The summed E-state index contributed by atoms with van der Waals surface area (Å²) in [7, 11) is 1.75. The normalized spacial score (nSPS) is 17.9. The van der Waals surface area contributed by atoms with Gasteiger partial charge in [0.05, 0.1) is 0 Å². The number of nitrogens with one attached hydrogen (secondary N) is 1. The number of rotatable bonds is 5. The molecule has 2 nitrogen and oxygen atoms in total. The van der Waals surface area contributed by atoms with E-state index < -0.39 is 0 Å². The summed E-state index contributed by atoms with van der Waals surface area (Å²) in [6.45, 7) is 1.95. The highest BCUT2D eigenvalue weighted by Crippen LogP contribution is 2.08. The van der Waals surface area contributed by atoms with E-state index in [1.54, 1.807) is 7.11 Å². The average molecular weight is 155 g/mol. The van der Waals surface area contributed by atoms with Crippen LogP contribution in [0.15, 0.2) is 12.2 Å². The smallest absolute Gasteiger partial charge is 0.0474 e. The highest BCUT2D eigenvalue weighted by Gasteiger charge is 2.07. The van der Waals surface area contributed by atoms with Crippen molar-refractivity contribution < 1.29 is 4.74 Å². The lowest BCUT2D eigenvalue weighted by molar-refractivity contribution is 0.193. The summed E-state index contributed by atoms with van der Waals surface area (Å²) in [5.41, 5.74) is 0. The number of methoxy groups -OCH3 is 1. The van der Waals surface area contributed by atoms with Crippen LogP contribution in [-0.2, 0) is 4.74 Å². The van der Waals surface area contributed by atoms with Crippen LogP contribution in [-0.4, -0.2) is 26.3 Å². The third-order valence-corrected chi connectivity index (χ3v) is 1.97.